The number of H-pyrrole nitrogens is 2. The van der Waals surface area contributed by atoms with Crippen molar-refractivity contribution >= 4 is 5.91 Å². The molecule has 3 aromatic rings. The van der Waals surface area contributed by atoms with Gasteiger partial charge in [-0.3, -0.25) is 14.7 Å². The number of amides is 1. The second kappa shape index (κ2) is 7.35. The van der Waals surface area contributed by atoms with E-state index in [9.17, 15) is 18.4 Å². The zero-order valence-corrected chi connectivity index (χ0v) is 13.8. The number of hydrogen-bond acceptors (Lipinski definition) is 2. The van der Waals surface area contributed by atoms with Crippen LogP contribution in [0.25, 0.3) is 0 Å². The summed E-state index contributed by atoms with van der Waals surface area (Å²) >= 11 is 0. The van der Waals surface area contributed by atoms with E-state index in [1.165, 1.54) is 6.07 Å². The van der Waals surface area contributed by atoms with Crippen molar-refractivity contribution in [1.29, 1.82) is 0 Å². The number of primary amides is 1. The molecule has 4 N–H and O–H groups in total. The number of aromatic amines is 2. The highest BCUT2D eigenvalue weighted by atomic mass is 19.2. The third-order valence-corrected chi connectivity index (χ3v) is 4.22. The highest BCUT2D eigenvalue weighted by molar-refractivity contribution is 5.75. The van der Waals surface area contributed by atoms with Crippen molar-refractivity contribution in [2.45, 2.75) is 18.8 Å². The number of aromatic nitrogens is 2. The van der Waals surface area contributed by atoms with Crippen LogP contribution in [0.5, 0.6) is 0 Å². The number of carbonyl (C=O) groups excluding carboxylic acids is 1. The van der Waals surface area contributed by atoms with Crippen molar-refractivity contribution in [3.63, 3.8) is 0 Å². The second-order valence-electron chi connectivity index (χ2n) is 6.03. The van der Waals surface area contributed by atoms with Crippen molar-refractivity contribution in [2.75, 3.05) is 0 Å². The summed E-state index contributed by atoms with van der Waals surface area (Å²) in [4.78, 5) is 23.9. The van der Waals surface area contributed by atoms with Crippen molar-refractivity contribution in [2.24, 2.45) is 5.73 Å². The number of carbonyl (C=O) groups is 1. The number of halogens is 2. The van der Waals surface area contributed by atoms with Gasteiger partial charge in [0.05, 0.1) is 0 Å². The lowest BCUT2D eigenvalue weighted by Gasteiger charge is -2.16. The molecule has 0 spiro atoms. The molecule has 26 heavy (non-hydrogen) atoms. The van der Waals surface area contributed by atoms with Gasteiger partial charge in [-0.05, 0) is 23.3 Å². The van der Waals surface area contributed by atoms with E-state index >= 15 is 0 Å². The Hall–Kier alpha value is -3.22. The summed E-state index contributed by atoms with van der Waals surface area (Å²) in [5, 5.41) is 5.32. The fraction of sp³-hybridized carbons (Fsp3) is 0.158. The van der Waals surface area contributed by atoms with E-state index in [2.05, 4.69) is 10.2 Å². The first-order valence-electron chi connectivity index (χ1n) is 8.02. The van der Waals surface area contributed by atoms with Gasteiger partial charge < -0.3 is 10.8 Å². The Balaban J connectivity index is 2.07. The molecule has 1 heterocycles. The molecule has 1 aromatic heterocycles. The Kier molecular flexibility index (Phi) is 4.97. The average Bonchev–Trinajstić information content (AvgIpc) is 2.96. The van der Waals surface area contributed by atoms with E-state index in [-0.39, 0.29) is 6.42 Å². The number of rotatable bonds is 6. The molecule has 0 aliphatic carbocycles. The fourth-order valence-electron chi connectivity index (χ4n) is 3.03. The van der Waals surface area contributed by atoms with Gasteiger partial charge >= 0.3 is 0 Å². The van der Waals surface area contributed by atoms with Crippen LogP contribution < -0.4 is 11.3 Å². The lowest BCUT2D eigenvalue weighted by Crippen LogP contribution is -2.21. The van der Waals surface area contributed by atoms with Crippen molar-refractivity contribution in [3.05, 3.63) is 92.9 Å². The van der Waals surface area contributed by atoms with Gasteiger partial charge in [0.1, 0.15) is 0 Å². The first-order valence-corrected chi connectivity index (χ1v) is 8.02. The number of nitrogens with one attached hydrogen (secondary N) is 2. The molecule has 1 amide bonds. The van der Waals surface area contributed by atoms with Crippen molar-refractivity contribution < 1.29 is 13.6 Å². The maximum absolute atomic E-state index is 13.7. The first-order chi connectivity index (χ1) is 12.5. The molecule has 0 fully saturated rings. The minimum atomic E-state index is -1.05. The smallest absolute Gasteiger partial charge is 0.267 e. The quantitative estimate of drug-likeness (QED) is 0.633. The summed E-state index contributed by atoms with van der Waals surface area (Å²) in [7, 11) is 0. The van der Waals surface area contributed by atoms with Gasteiger partial charge in [0.15, 0.2) is 11.6 Å². The monoisotopic (exact) mass is 357 g/mol. The van der Waals surface area contributed by atoms with Crippen LogP contribution >= 0.6 is 0 Å². The third kappa shape index (κ3) is 3.72. The maximum atomic E-state index is 13.7. The molecule has 0 saturated heterocycles. The SMILES string of the molecule is NC(=O)C[C@@H](c1ccc(F)c(F)c1)c1c(Cc2ccccc2)[nH][nH]c1=O. The van der Waals surface area contributed by atoms with Gasteiger partial charge in [0.2, 0.25) is 5.91 Å². The number of benzene rings is 2. The molecular formula is C19H17F2N3O2. The normalized spacial score (nSPS) is 12.1. The van der Waals surface area contributed by atoms with Gasteiger partial charge in [-0.1, -0.05) is 36.4 Å². The first kappa shape index (κ1) is 17.6. The van der Waals surface area contributed by atoms with Gasteiger partial charge in [-0.25, -0.2) is 8.78 Å². The Morgan fingerprint density at radius 3 is 2.42 bits per heavy atom. The van der Waals surface area contributed by atoms with Crippen LogP contribution in [-0.2, 0) is 11.2 Å². The zero-order valence-electron chi connectivity index (χ0n) is 13.8. The Morgan fingerprint density at radius 1 is 1.04 bits per heavy atom. The molecule has 0 aliphatic heterocycles. The molecular weight excluding hydrogens is 340 g/mol. The molecule has 0 bridgehead atoms. The highest BCUT2D eigenvalue weighted by Gasteiger charge is 2.25. The van der Waals surface area contributed by atoms with Crippen LogP contribution in [0.1, 0.15) is 34.7 Å². The van der Waals surface area contributed by atoms with E-state index in [1.54, 1.807) is 0 Å². The Bertz CT molecular complexity index is 980. The summed E-state index contributed by atoms with van der Waals surface area (Å²) in [6, 6.07) is 12.7. The second-order valence-corrected chi connectivity index (χ2v) is 6.03. The van der Waals surface area contributed by atoms with Crippen LogP contribution in [0.15, 0.2) is 53.3 Å². The molecule has 3 rings (SSSR count). The molecule has 0 saturated carbocycles. The predicted octanol–water partition coefficient (Wildman–Crippen LogP) is 2.58. The third-order valence-electron chi connectivity index (χ3n) is 4.22. The molecule has 0 unspecified atom stereocenters. The van der Waals surface area contributed by atoms with Gasteiger partial charge in [-0.2, -0.15) is 0 Å². The van der Waals surface area contributed by atoms with E-state index in [4.69, 9.17) is 5.73 Å². The number of nitrogens with two attached hydrogens (primary N) is 1. The summed E-state index contributed by atoms with van der Waals surface area (Å²) in [5.74, 6) is -3.48. The van der Waals surface area contributed by atoms with Crippen molar-refractivity contribution in [3.8, 4) is 0 Å². The largest absolute Gasteiger partial charge is 0.370 e. The molecule has 134 valence electrons. The van der Waals surface area contributed by atoms with E-state index in [1.807, 2.05) is 30.3 Å². The molecule has 1 atom stereocenters. The van der Waals surface area contributed by atoms with Gasteiger partial charge in [0.25, 0.3) is 5.56 Å². The van der Waals surface area contributed by atoms with Crippen molar-refractivity contribution in [1.82, 2.24) is 10.2 Å². The molecule has 5 nitrogen and oxygen atoms in total. The van der Waals surface area contributed by atoms with Crippen LogP contribution in [0.4, 0.5) is 8.78 Å². The summed E-state index contributed by atoms with van der Waals surface area (Å²) < 4.78 is 27.0. The van der Waals surface area contributed by atoms with Crippen LogP contribution in [0.3, 0.4) is 0 Å². The average molecular weight is 357 g/mol. The minimum Gasteiger partial charge on any atom is -0.370 e. The molecule has 0 radical (unpaired) electrons. The topological polar surface area (TPSA) is 91.7 Å². The molecule has 0 aliphatic rings. The minimum absolute atomic E-state index is 0.201. The molecule has 2 aromatic carbocycles. The van der Waals surface area contributed by atoms with Gasteiger partial charge in [-0.15, -0.1) is 0 Å². The van der Waals surface area contributed by atoms with Crippen LogP contribution in [0.2, 0.25) is 0 Å². The lowest BCUT2D eigenvalue weighted by atomic mass is 9.87. The highest BCUT2D eigenvalue weighted by Crippen LogP contribution is 2.29. The predicted molar refractivity (Wildman–Crippen MR) is 92.7 cm³/mol. The maximum Gasteiger partial charge on any atom is 0.267 e. The van der Waals surface area contributed by atoms with E-state index in [0.717, 1.165) is 17.7 Å². The summed E-state index contributed by atoms with van der Waals surface area (Å²) in [5.41, 5.74) is 7.02. The van der Waals surface area contributed by atoms with Crippen LogP contribution in [-0.4, -0.2) is 16.1 Å². The number of hydrogen-bond donors (Lipinski definition) is 3. The Morgan fingerprint density at radius 2 is 1.77 bits per heavy atom. The summed E-state index contributed by atoms with van der Waals surface area (Å²) in [6.45, 7) is 0. The van der Waals surface area contributed by atoms with E-state index in [0.29, 0.717) is 23.2 Å². The Labute approximate surface area is 147 Å². The summed E-state index contributed by atoms with van der Waals surface area (Å²) in [6.07, 6.45) is 0.210. The van der Waals surface area contributed by atoms with Gasteiger partial charge in [0, 0.05) is 30.0 Å². The fourth-order valence-corrected chi connectivity index (χ4v) is 3.03. The molecule has 7 heteroatoms. The van der Waals surface area contributed by atoms with E-state index < -0.39 is 29.0 Å². The lowest BCUT2D eigenvalue weighted by molar-refractivity contribution is -0.118. The zero-order chi connectivity index (χ0) is 18.7. The standard InChI is InChI=1S/C19H17F2N3O2/c20-14-7-6-12(9-15(14)21)13(10-17(22)25)18-16(23-24-19(18)26)8-11-4-2-1-3-5-11/h1-7,9,13H,8,10H2,(H2,22,25)(H2,23,24,26)/t13-/m0/s1. The van der Waals surface area contributed by atoms with Crippen LogP contribution in [0, 0.1) is 11.6 Å².